The van der Waals surface area contributed by atoms with Crippen LogP contribution in [0.3, 0.4) is 0 Å². The number of ether oxygens (including phenoxy) is 2. The number of aliphatic carboxylic acids is 1. The van der Waals surface area contributed by atoms with E-state index in [-0.39, 0.29) is 12.0 Å². The van der Waals surface area contributed by atoms with Crippen molar-refractivity contribution < 1.29 is 19.4 Å². The molecule has 3 rings (SSSR count). The van der Waals surface area contributed by atoms with Crippen molar-refractivity contribution in [3.8, 4) is 11.5 Å². The van der Waals surface area contributed by atoms with Gasteiger partial charge in [0.2, 0.25) is 0 Å². The summed E-state index contributed by atoms with van der Waals surface area (Å²) in [6, 6.07) is 5.27. The number of H-pyrrole nitrogens is 1. The van der Waals surface area contributed by atoms with Crippen molar-refractivity contribution in [3.05, 3.63) is 52.1 Å². The van der Waals surface area contributed by atoms with Crippen LogP contribution in [0.2, 0.25) is 0 Å². The molecule has 0 spiro atoms. The second-order valence-electron chi connectivity index (χ2n) is 8.10. The number of hydrogen-bond acceptors (Lipinski definition) is 6. The van der Waals surface area contributed by atoms with E-state index in [9.17, 15) is 9.59 Å². The molecule has 1 aromatic carbocycles. The van der Waals surface area contributed by atoms with E-state index in [4.69, 9.17) is 14.6 Å². The van der Waals surface area contributed by atoms with Crippen LogP contribution in [0.5, 0.6) is 11.5 Å². The molecule has 3 N–H and O–H groups in total. The van der Waals surface area contributed by atoms with Gasteiger partial charge in [-0.1, -0.05) is 19.3 Å². The number of nitrogens with zero attached hydrogens (tertiary/aromatic N) is 1. The van der Waals surface area contributed by atoms with E-state index in [1.54, 1.807) is 19.5 Å². The van der Waals surface area contributed by atoms with Gasteiger partial charge in [0, 0.05) is 36.0 Å². The molecule has 0 amide bonds. The third-order valence-electron chi connectivity index (χ3n) is 5.52. The molecule has 0 aliphatic carbocycles. The Labute approximate surface area is 193 Å². The fourth-order valence-electron chi connectivity index (χ4n) is 3.80. The quantitative estimate of drug-likeness (QED) is 0.327. The highest BCUT2D eigenvalue weighted by molar-refractivity contribution is 5.97. The zero-order valence-corrected chi connectivity index (χ0v) is 19.4. The summed E-state index contributed by atoms with van der Waals surface area (Å²) in [6.07, 6.45) is 8.08. The van der Waals surface area contributed by atoms with E-state index >= 15 is 0 Å². The number of benzene rings is 1. The Morgan fingerprint density at radius 3 is 2.48 bits per heavy atom. The second-order valence-corrected chi connectivity index (χ2v) is 8.10. The summed E-state index contributed by atoms with van der Waals surface area (Å²) < 4.78 is 11.6. The van der Waals surface area contributed by atoms with Crippen LogP contribution in [-0.2, 0) is 4.79 Å². The number of carboxylic acid groups (broad SMARTS) is 1. The highest BCUT2D eigenvalue weighted by Crippen LogP contribution is 2.37. The van der Waals surface area contributed by atoms with Gasteiger partial charge in [-0.05, 0) is 49.9 Å². The van der Waals surface area contributed by atoms with Crippen molar-refractivity contribution in [3.63, 3.8) is 0 Å². The number of aryl methyl sites for hydroxylation is 2. The fraction of sp³-hybridized carbons (Fsp3) is 0.400. The van der Waals surface area contributed by atoms with Gasteiger partial charge in [0.25, 0.3) is 5.56 Å². The van der Waals surface area contributed by atoms with Crippen molar-refractivity contribution in [2.45, 2.75) is 52.4 Å². The molecule has 2 aromatic heterocycles. The van der Waals surface area contributed by atoms with Crippen LogP contribution in [0.25, 0.3) is 10.9 Å². The first-order valence-electron chi connectivity index (χ1n) is 11.2. The topological polar surface area (TPSA) is 114 Å². The predicted molar refractivity (Wildman–Crippen MR) is 129 cm³/mol. The fourth-order valence-corrected chi connectivity index (χ4v) is 3.80. The molecule has 8 heteroatoms. The molecule has 33 heavy (non-hydrogen) atoms. The summed E-state index contributed by atoms with van der Waals surface area (Å²) in [6.45, 7) is 4.41. The van der Waals surface area contributed by atoms with E-state index in [0.29, 0.717) is 35.7 Å². The molecule has 0 radical (unpaired) electrons. The van der Waals surface area contributed by atoms with Gasteiger partial charge in [-0.2, -0.15) is 0 Å². The maximum absolute atomic E-state index is 12.5. The van der Waals surface area contributed by atoms with Gasteiger partial charge in [0.05, 0.1) is 24.9 Å². The zero-order valence-electron chi connectivity index (χ0n) is 19.4. The molecule has 176 valence electrons. The minimum Gasteiger partial charge on any atom is -0.493 e. The molecule has 2 heterocycles. The van der Waals surface area contributed by atoms with Gasteiger partial charge in [-0.25, -0.2) is 0 Å². The Balaban J connectivity index is 1.79. The Bertz CT molecular complexity index is 1150. The summed E-state index contributed by atoms with van der Waals surface area (Å²) in [5.74, 6) is 0.302. The number of anilines is 2. The summed E-state index contributed by atoms with van der Waals surface area (Å²) >= 11 is 0. The van der Waals surface area contributed by atoms with Crippen LogP contribution in [0, 0.1) is 13.8 Å². The average Bonchev–Trinajstić information content (AvgIpc) is 2.77. The first-order chi connectivity index (χ1) is 15.9. The highest BCUT2D eigenvalue weighted by atomic mass is 16.5. The van der Waals surface area contributed by atoms with Gasteiger partial charge in [0.1, 0.15) is 0 Å². The minimum atomic E-state index is -0.751. The number of carboxylic acids is 1. The van der Waals surface area contributed by atoms with Crippen LogP contribution < -0.4 is 20.3 Å². The number of methoxy groups -OCH3 is 1. The molecule has 0 unspecified atom stereocenters. The summed E-state index contributed by atoms with van der Waals surface area (Å²) in [4.78, 5) is 30.2. The lowest BCUT2D eigenvalue weighted by molar-refractivity contribution is -0.137. The Morgan fingerprint density at radius 1 is 1.09 bits per heavy atom. The van der Waals surface area contributed by atoms with E-state index in [2.05, 4.69) is 15.3 Å². The molecule has 0 atom stereocenters. The van der Waals surface area contributed by atoms with Crippen LogP contribution >= 0.6 is 0 Å². The number of aromatic amines is 1. The predicted octanol–water partition coefficient (Wildman–Crippen LogP) is 5.10. The van der Waals surface area contributed by atoms with Gasteiger partial charge in [-0.15, -0.1) is 0 Å². The van der Waals surface area contributed by atoms with Gasteiger partial charge in [-0.3, -0.25) is 14.6 Å². The molecule has 0 aliphatic heterocycles. The van der Waals surface area contributed by atoms with E-state index in [0.717, 1.165) is 47.9 Å². The van der Waals surface area contributed by atoms with Crippen LogP contribution in [-0.4, -0.2) is 34.8 Å². The lowest BCUT2D eigenvalue weighted by Crippen LogP contribution is -2.09. The van der Waals surface area contributed by atoms with E-state index in [1.165, 1.54) is 6.07 Å². The number of aromatic nitrogens is 2. The lowest BCUT2D eigenvalue weighted by Gasteiger charge is -2.17. The van der Waals surface area contributed by atoms with Crippen molar-refractivity contribution in [2.24, 2.45) is 0 Å². The van der Waals surface area contributed by atoms with Gasteiger partial charge < -0.3 is 24.9 Å². The number of fused-ring (bicyclic) bond motifs is 1. The van der Waals surface area contributed by atoms with E-state index < -0.39 is 5.97 Å². The summed E-state index contributed by atoms with van der Waals surface area (Å²) in [5, 5.41) is 12.9. The number of pyridine rings is 2. The number of nitrogens with one attached hydrogen (secondary N) is 2. The third-order valence-corrected chi connectivity index (χ3v) is 5.52. The molecule has 0 bridgehead atoms. The highest BCUT2D eigenvalue weighted by Gasteiger charge is 2.15. The maximum Gasteiger partial charge on any atom is 0.303 e. The first-order valence-corrected chi connectivity index (χ1v) is 11.2. The zero-order chi connectivity index (χ0) is 23.8. The largest absolute Gasteiger partial charge is 0.493 e. The van der Waals surface area contributed by atoms with Crippen molar-refractivity contribution in [2.75, 3.05) is 19.0 Å². The van der Waals surface area contributed by atoms with Crippen LogP contribution in [0.1, 0.15) is 49.7 Å². The molecule has 0 saturated heterocycles. The molecule has 0 saturated carbocycles. The number of hydrogen-bond donors (Lipinski definition) is 3. The SMILES string of the molecule is COc1ccc2c(Nc3c(C)cncc3C)cc(=O)[nH]c2c1OCCCCCCCC(=O)O. The van der Waals surface area contributed by atoms with Crippen LogP contribution in [0.4, 0.5) is 11.4 Å². The Morgan fingerprint density at radius 2 is 1.79 bits per heavy atom. The summed E-state index contributed by atoms with van der Waals surface area (Å²) in [7, 11) is 1.57. The molecule has 0 fully saturated rings. The maximum atomic E-state index is 12.5. The monoisotopic (exact) mass is 453 g/mol. The van der Waals surface area contributed by atoms with Crippen LogP contribution in [0.15, 0.2) is 35.4 Å². The first kappa shape index (κ1) is 24.1. The number of carbonyl (C=O) groups is 1. The summed E-state index contributed by atoms with van der Waals surface area (Å²) in [5.41, 5.74) is 3.89. The second kappa shape index (κ2) is 11.4. The average molecular weight is 454 g/mol. The van der Waals surface area contributed by atoms with Gasteiger partial charge in [0.15, 0.2) is 11.5 Å². The Kier molecular flexibility index (Phi) is 8.29. The molecular weight excluding hydrogens is 422 g/mol. The third kappa shape index (κ3) is 6.25. The molecule has 0 aliphatic rings. The lowest BCUT2D eigenvalue weighted by atomic mass is 10.1. The standard InChI is InChI=1S/C25H31N3O5/c1-16-14-26-15-17(2)23(16)27-19-13-21(29)28-24-18(19)10-11-20(32-3)25(24)33-12-8-6-4-5-7-9-22(30)31/h10-11,13-15H,4-9,12H2,1-3H3,(H,30,31)(H2,26,27,28,29). The molecule has 3 aromatic rings. The van der Waals surface area contributed by atoms with Crippen molar-refractivity contribution in [1.29, 1.82) is 0 Å². The smallest absolute Gasteiger partial charge is 0.303 e. The normalized spacial score (nSPS) is 10.9. The van der Waals surface area contributed by atoms with E-state index in [1.807, 2.05) is 26.0 Å². The van der Waals surface area contributed by atoms with Gasteiger partial charge >= 0.3 is 5.97 Å². The number of unbranched alkanes of at least 4 members (excludes halogenated alkanes) is 4. The molecular formula is C25H31N3O5. The molecule has 8 nitrogen and oxygen atoms in total. The number of rotatable bonds is 12. The van der Waals surface area contributed by atoms with Crippen molar-refractivity contribution >= 4 is 28.2 Å². The van der Waals surface area contributed by atoms with Crippen molar-refractivity contribution in [1.82, 2.24) is 9.97 Å². The minimum absolute atomic E-state index is 0.214. The Hall–Kier alpha value is -3.55.